The van der Waals surface area contributed by atoms with Crippen molar-refractivity contribution in [1.29, 1.82) is 0 Å². The van der Waals surface area contributed by atoms with Gasteiger partial charge >= 0.3 is 0 Å². The fourth-order valence-corrected chi connectivity index (χ4v) is 4.12. The summed E-state index contributed by atoms with van der Waals surface area (Å²) in [4.78, 5) is 14.0. The van der Waals surface area contributed by atoms with Gasteiger partial charge in [0.25, 0.3) is 0 Å². The van der Waals surface area contributed by atoms with Crippen LogP contribution < -0.4 is 25.6 Å². The third-order valence-electron chi connectivity index (χ3n) is 5.12. The van der Waals surface area contributed by atoms with E-state index in [1.165, 1.54) is 37.9 Å². The highest BCUT2D eigenvalue weighted by molar-refractivity contribution is 7.89. The fraction of sp³-hybridized carbons (Fsp3) is 0.350. The normalized spacial score (nSPS) is 16.5. The summed E-state index contributed by atoms with van der Waals surface area (Å²) in [5.74, 6) is -0.0519. The van der Waals surface area contributed by atoms with Crippen molar-refractivity contribution in [2.45, 2.75) is 32.2 Å². The maximum absolute atomic E-state index is 15.0. The molecule has 2 aromatic heterocycles. The monoisotopic (exact) mass is 462 g/mol. The highest BCUT2D eigenvalue weighted by atomic mass is 32.2. The van der Waals surface area contributed by atoms with Crippen LogP contribution in [0.2, 0.25) is 0 Å². The molecule has 3 aromatic rings. The maximum atomic E-state index is 15.0. The Labute approximate surface area is 184 Å². The van der Waals surface area contributed by atoms with Gasteiger partial charge in [-0.05, 0) is 39.0 Å². The Kier molecular flexibility index (Phi) is 5.61. The summed E-state index contributed by atoms with van der Waals surface area (Å²) < 4.78 is 47.7. The van der Waals surface area contributed by atoms with Crippen LogP contribution in [0.1, 0.15) is 19.4 Å². The van der Waals surface area contributed by atoms with E-state index in [0.29, 0.717) is 27.4 Å². The van der Waals surface area contributed by atoms with E-state index in [0.717, 1.165) is 4.31 Å². The number of nitrogens with zero attached hydrogens (tertiary/aromatic N) is 5. The van der Waals surface area contributed by atoms with Crippen molar-refractivity contribution in [1.82, 2.24) is 24.4 Å². The molecule has 0 fully saturated rings. The van der Waals surface area contributed by atoms with Gasteiger partial charge in [0.05, 0.1) is 17.6 Å². The van der Waals surface area contributed by atoms with E-state index in [1.807, 2.05) is 6.92 Å². The highest BCUT2D eigenvalue weighted by Crippen LogP contribution is 2.32. The van der Waals surface area contributed by atoms with Crippen molar-refractivity contribution in [2.75, 3.05) is 14.1 Å². The van der Waals surface area contributed by atoms with Gasteiger partial charge in [0.1, 0.15) is 11.8 Å². The minimum Gasteiger partial charge on any atom is -0.434 e. The largest absolute Gasteiger partial charge is 0.434 e. The summed E-state index contributed by atoms with van der Waals surface area (Å²) in [7, 11) is -0.688. The molecule has 0 saturated carbocycles. The third kappa shape index (κ3) is 3.80. The molecular weight excluding hydrogens is 439 g/mol. The maximum Gasteiger partial charge on any atom is 0.247 e. The van der Waals surface area contributed by atoms with Crippen molar-refractivity contribution in [3.63, 3.8) is 0 Å². The number of hydrogen-bond donors (Lipinski definition) is 1. The number of nitrogens with one attached hydrogen (secondary N) is 1. The number of aromatic nitrogens is 3. The van der Waals surface area contributed by atoms with Gasteiger partial charge in [-0.1, -0.05) is 0 Å². The first kappa shape index (κ1) is 22.1. The molecule has 1 aliphatic heterocycles. The summed E-state index contributed by atoms with van der Waals surface area (Å²) in [6.07, 6.45) is 4.55. The van der Waals surface area contributed by atoms with Crippen LogP contribution in [0, 0.1) is 12.7 Å². The lowest BCUT2D eigenvalue weighted by molar-refractivity contribution is 0.184. The molecule has 4 rings (SSSR count). The molecule has 170 valence electrons. The van der Waals surface area contributed by atoms with Crippen LogP contribution in [-0.4, -0.2) is 52.8 Å². The molecule has 2 atom stereocenters. The predicted octanol–water partition coefficient (Wildman–Crippen LogP) is 0.892. The number of rotatable bonds is 7. The number of ether oxygens (including phenoxy) is 1. The Morgan fingerprint density at radius 3 is 2.75 bits per heavy atom. The lowest BCUT2D eigenvalue weighted by atomic mass is 10.2. The quantitative estimate of drug-likeness (QED) is 0.519. The molecule has 0 saturated heterocycles. The number of halogens is 1. The second kappa shape index (κ2) is 8.11. The average molecular weight is 463 g/mol. The lowest BCUT2D eigenvalue weighted by Crippen LogP contribution is -2.42. The van der Waals surface area contributed by atoms with Gasteiger partial charge < -0.3 is 9.57 Å². The van der Waals surface area contributed by atoms with Gasteiger partial charge in [0.2, 0.25) is 15.9 Å². The van der Waals surface area contributed by atoms with E-state index in [2.05, 4.69) is 20.6 Å². The van der Waals surface area contributed by atoms with E-state index >= 15 is 0 Å². The Bertz CT molecular complexity index is 1420. The van der Waals surface area contributed by atoms with Crippen molar-refractivity contribution < 1.29 is 22.4 Å². The van der Waals surface area contributed by atoms with Crippen LogP contribution in [0.5, 0.6) is 17.4 Å². The third-order valence-corrected chi connectivity index (χ3v) is 7.12. The lowest BCUT2D eigenvalue weighted by Gasteiger charge is -2.19. The van der Waals surface area contributed by atoms with E-state index in [9.17, 15) is 12.8 Å². The fourth-order valence-electron chi connectivity index (χ4n) is 3.32. The molecule has 1 aromatic carbocycles. The molecule has 0 spiro atoms. The second-order valence-corrected chi connectivity index (χ2v) is 10.1. The van der Waals surface area contributed by atoms with Crippen molar-refractivity contribution in [3.8, 4) is 17.4 Å². The molecule has 1 N–H and O–H groups in total. The summed E-state index contributed by atoms with van der Waals surface area (Å²) in [6.45, 7) is 5.08. The van der Waals surface area contributed by atoms with Crippen LogP contribution in [0.15, 0.2) is 29.6 Å². The van der Waals surface area contributed by atoms with E-state index in [1.54, 1.807) is 25.3 Å². The van der Waals surface area contributed by atoms with Crippen LogP contribution in [-0.2, 0) is 10.0 Å². The Morgan fingerprint density at radius 1 is 1.28 bits per heavy atom. The molecule has 32 heavy (non-hydrogen) atoms. The molecule has 0 amide bonds. The zero-order valence-corrected chi connectivity index (χ0v) is 19.0. The Hall–Kier alpha value is -3.09. The van der Waals surface area contributed by atoms with E-state index in [-0.39, 0.29) is 17.7 Å². The van der Waals surface area contributed by atoms with Gasteiger partial charge in [-0.2, -0.15) is 10.1 Å². The second-order valence-electron chi connectivity index (χ2n) is 7.62. The SMILES string of the molecule is Cc1c(ONC(C)S(=O)(=O)N(C)C)cn2ncnc(Oc3ccc4c(c3F)=CC(C)N=4)c12. The molecule has 0 bridgehead atoms. The molecule has 0 aliphatic carbocycles. The first-order valence-corrected chi connectivity index (χ1v) is 11.3. The molecular formula is C20H23FN6O4S. The van der Waals surface area contributed by atoms with Gasteiger partial charge in [-0.3, -0.25) is 4.99 Å². The van der Waals surface area contributed by atoms with E-state index < -0.39 is 21.2 Å². The molecule has 10 nitrogen and oxygen atoms in total. The van der Waals surface area contributed by atoms with Gasteiger partial charge in [0.15, 0.2) is 22.7 Å². The molecule has 3 heterocycles. The van der Waals surface area contributed by atoms with Crippen molar-refractivity contribution in [2.24, 2.45) is 4.99 Å². The zero-order valence-electron chi connectivity index (χ0n) is 18.2. The standard InChI is InChI=1S/C20H23FN6O4S/c1-11-8-14-15(24-11)6-7-16(18(14)21)30-20-19-12(2)17(9-27(19)23-10-22-20)31-25-13(3)32(28,29)26(4)5/h6-11,13,25H,1-5H3. The van der Waals surface area contributed by atoms with Gasteiger partial charge in [0, 0.05) is 24.9 Å². The number of hydroxylamine groups is 1. The van der Waals surface area contributed by atoms with Gasteiger partial charge in [-0.15, -0.1) is 5.48 Å². The first-order chi connectivity index (χ1) is 15.1. The zero-order chi connectivity index (χ0) is 23.2. The minimum atomic E-state index is -3.57. The van der Waals surface area contributed by atoms with Gasteiger partial charge in [-0.25, -0.2) is 21.6 Å². The van der Waals surface area contributed by atoms with Crippen LogP contribution in [0.4, 0.5) is 4.39 Å². The highest BCUT2D eigenvalue weighted by Gasteiger charge is 2.25. The van der Waals surface area contributed by atoms with Crippen LogP contribution in [0.3, 0.4) is 0 Å². The Balaban J connectivity index is 1.65. The summed E-state index contributed by atoms with van der Waals surface area (Å²) >= 11 is 0. The number of aryl methyl sites for hydroxylation is 1. The number of benzene rings is 1. The summed E-state index contributed by atoms with van der Waals surface area (Å²) in [5.41, 5.74) is 3.56. The first-order valence-electron chi connectivity index (χ1n) is 9.82. The molecule has 12 heteroatoms. The van der Waals surface area contributed by atoms with E-state index in [4.69, 9.17) is 9.57 Å². The molecule has 0 radical (unpaired) electrons. The van der Waals surface area contributed by atoms with Crippen LogP contribution >= 0.6 is 0 Å². The molecule has 2 unspecified atom stereocenters. The number of fused-ring (bicyclic) bond motifs is 2. The topological polar surface area (TPSA) is 110 Å². The molecule has 1 aliphatic rings. The van der Waals surface area contributed by atoms with Crippen LogP contribution in [0.25, 0.3) is 11.6 Å². The number of hydrogen-bond acceptors (Lipinski definition) is 8. The van der Waals surface area contributed by atoms with Crippen molar-refractivity contribution in [3.05, 3.63) is 46.6 Å². The van der Waals surface area contributed by atoms with Crippen molar-refractivity contribution >= 4 is 21.6 Å². The number of sulfonamides is 1. The average Bonchev–Trinajstić information content (AvgIpc) is 3.28. The summed E-state index contributed by atoms with van der Waals surface area (Å²) in [6, 6.07) is 3.11. The smallest absolute Gasteiger partial charge is 0.247 e. The summed E-state index contributed by atoms with van der Waals surface area (Å²) in [5, 5.41) is 4.12. The Morgan fingerprint density at radius 2 is 2.03 bits per heavy atom. The predicted molar refractivity (Wildman–Crippen MR) is 115 cm³/mol. The minimum absolute atomic E-state index is 0.0109.